The van der Waals surface area contributed by atoms with Crippen LogP contribution in [0.4, 0.5) is 0 Å². The van der Waals surface area contributed by atoms with Crippen LogP contribution >= 0.6 is 0 Å². The first-order chi connectivity index (χ1) is 10.5. The molecule has 2 atom stereocenters. The highest BCUT2D eigenvalue weighted by Gasteiger charge is 2.58. The summed E-state index contributed by atoms with van der Waals surface area (Å²) in [4.78, 5) is 12.4. The van der Waals surface area contributed by atoms with E-state index in [4.69, 9.17) is 0 Å². The molecule has 4 heteroatoms. The summed E-state index contributed by atoms with van der Waals surface area (Å²) in [5.41, 5.74) is 0.974. The van der Waals surface area contributed by atoms with E-state index in [9.17, 15) is 15.0 Å². The van der Waals surface area contributed by atoms with E-state index in [1.165, 1.54) is 44.2 Å². The van der Waals surface area contributed by atoms with Crippen molar-refractivity contribution < 1.29 is 15.0 Å². The van der Waals surface area contributed by atoms with Crippen molar-refractivity contribution in [2.45, 2.75) is 50.5 Å². The number of carbonyl (C=O) groups is 1. The first kappa shape index (κ1) is 13.9. The van der Waals surface area contributed by atoms with E-state index in [0.717, 1.165) is 17.4 Å². The highest BCUT2D eigenvalue weighted by Crippen LogP contribution is 2.60. The van der Waals surface area contributed by atoms with E-state index < -0.39 is 0 Å². The largest absolute Gasteiger partial charge is 0.504 e. The maximum atomic E-state index is 12.4. The molecule has 0 aliphatic heterocycles. The van der Waals surface area contributed by atoms with Gasteiger partial charge in [0.1, 0.15) is 0 Å². The van der Waals surface area contributed by atoms with Crippen LogP contribution in [0.25, 0.3) is 0 Å². The summed E-state index contributed by atoms with van der Waals surface area (Å²) in [6.07, 6.45) is 7.38. The topological polar surface area (TPSA) is 69.6 Å². The number of phenols is 2. The standard InChI is InChI=1S/C18H23NO3/c20-15-3-1-11(8-16(15)21)2-4-17(22)19-18-9-12-5-13(10-18)7-14(18)6-12/h1,3,8,12-14,20-21H,2,4-7,9-10H2,(H,19,22). The SMILES string of the molecule is O=C(CCc1ccc(O)c(O)c1)NC12CC3CC(CC1C3)C2. The van der Waals surface area contributed by atoms with Crippen molar-refractivity contribution in [3.63, 3.8) is 0 Å². The highest BCUT2D eigenvalue weighted by atomic mass is 16.3. The van der Waals surface area contributed by atoms with Gasteiger partial charge in [-0.2, -0.15) is 0 Å². The van der Waals surface area contributed by atoms with Crippen LogP contribution in [0.2, 0.25) is 0 Å². The Morgan fingerprint density at radius 3 is 2.55 bits per heavy atom. The van der Waals surface area contributed by atoms with E-state index in [0.29, 0.717) is 18.8 Å². The lowest BCUT2D eigenvalue weighted by Gasteiger charge is -2.34. The lowest BCUT2D eigenvalue weighted by molar-refractivity contribution is -0.123. The zero-order valence-electron chi connectivity index (χ0n) is 12.7. The molecule has 118 valence electrons. The minimum absolute atomic E-state index is 0.0990. The smallest absolute Gasteiger partial charge is 0.220 e. The van der Waals surface area contributed by atoms with Crippen molar-refractivity contribution in [3.05, 3.63) is 23.8 Å². The molecular weight excluding hydrogens is 278 g/mol. The first-order valence-electron chi connectivity index (χ1n) is 8.36. The van der Waals surface area contributed by atoms with Gasteiger partial charge < -0.3 is 15.5 Å². The average Bonchev–Trinajstić information content (AvgIpc) is 2.84. The predicted molar refractivity (Wildman–Crippen MR) is 82.5 cm³/mol. The molecule has 1 amide bonds. The third-order valence-corrected chi connectivity index (χ3v) is 6.06. The molecule has 4 aliphatic carbocycles. The van der Waals surface area contributed by atoms with E-state index >= 15 is 0 Å². The molecule has 4 nitrogen and oxygen atoms in total. The molecule has 1 aromatic rings. The summed E-state index contributed by atoms with van der Waals surface area (Å²) in [5.74, 6) is 2.27. The Hall–Kier alpha value is -1.71. The van der Waals surface area contributed by atoms with E-state index in [1.807, 2.05) is 0 Å². The number of hydrogen-bond donors (Lipinski definition) is 3. The number of hydrogen-bond acceptors (Lipinski definition) is 3. The minimum Gasteiger partial charge on any atom is -0.504 e. The van der Waals surface area contributed by atoms with Crippen molar-refractivity contribution in [3.8, 4) is 11.5 Å². The number of aromatic hydroxyl groups is 2. The number of nitrogens with one attached hydrogen (secondary N) is 1. The van der Waals surface area contributed by atoms with Crippen LogP contribution in [0.3, 0.4) is 0 Å². The zero-order chi connectivity index (χ0) is 15.3. The van der Waals surface area contributed by atoms with Gasteiger partial charge in [-0.15, -0.1) is 0 Å². The van der Waals surface area contributed by atoms with Crippen LogP contribution in [-0.2, 0) is 11.2 Å². The summed E-state index contributed by atoms with van der Waals surface area (Å²) >= 11 is 0. The zero-order valence-corrected chi connectivity index (χ0v) is 12.7. The van der Waals surface area contributed by atoms with Gasteiger partial charge >= 0.3 is 0 Å². The highest BCUT2D eigenvalue weighted by molar-refractivity contribution is 5.77. The van der Waals surface area contributed by atoms with Crippen LogP contribution in [0.5, 0.6) is 11.5 Å². The van der Waals surface area contributed by atoms with Gasteiger partial charge in [0.15, 0.2) is 11.5 Å². The van der Waals surface area contributed by atoms with Crippen molar-refractivity contribution in [1.29, 1.82) is 0 Å². The molecule has 5 rings (SSSR count). The molecule has 22 heavy (non-hydrogen) atoms. The van der Waals surface area contributed by atoms with Crippen LogP contribution in [0, 0.1) is 17.8 Å². The van der Waals surface area contributed by atoms with Gasteiger partial charge in [-0.1, -0.05) is 6.07 Å². The quantitative estimate of drug-likeness (QED) is 0.749. The molecule has 0 radical (unpaired) electrons. The van der Waals surface area contributed by atoms with Gasteiger partial charge in [0, 0.05) is 12.0 Å². The second kappa shape index (κ2) is 4.90. The normalized spacial score (nSPS) is 35.0. The molecule has 0 spiro atoms. The molecule has 0 heterocycles. The first-order valence-corrected chi connectivity index (χ1v) is 8.36. The molecule has 0 aromatic heterocycles. The van der Waals surface area contributed by atoms with Gasteiger partial charge in [-0.05, 0) is 74.0 Å². The fraction of sp³-hybridized carbons (Fsp3) is 0.611. The maximum absolute atomic E-state index is 12.4. The number of amides is 1. The van der Waals surface area contributed by atoms with E-state index in [-0.39, 0.29) is 22.9 Å². The summed E-state index contributed by atoms with van der Waals surface area (Å²) in [7, 11) is 0. The van der Waals surface area contributed by atoms with Gasteiger partial charge in [-0.3, -0.25) is 4.79 Å². The van der Waals surface area contributed by atoms with Crippen molar-refractivity contribution >= 4 is 5.91 Å². The number of carbonyl (C=O) groups excluding carboxylic acids is 1. The fourth-order valence-corrected chi connectivity index (χ4v) is 5.32. The van der Waals surface area contributed by atoms with Crippen molar-refractivity contribution in [2.75, 3.05) is 0 Å². The summed E-state index contributed by atoms with van der Waals surface area (Å²) in [6, 6.07) is 4.76. The predicted octanol–water partition coefficient (Wildman–Crippen LogP) is 2.73. The number of aryl methyl sites for hydroxylation is 1. The Morgan fingerprint density at radius 1 is 1.14 bits per heavy atom. The molecule has 0 saturated heterocycles. The van der Waals surface area contributed by atoms with Gasteiger partial charge in [0.05, 0.1) is 0 Å². The second-order valence-electron chi connectivity index (χ2n) is 7.57. The summed E-state index contributed by atoms with van der Waals surface area (Å²) < 4.78 is 0. The number of benzene rings is 1. The molecule has 2 unspecified atom stereocenters. The van der Waals surface area contributed by atoms with Gasteiger partial charge in [-0.25, -0.2) is 0 Å². The summed E-state index contributed by atoms with van der Waals surface area (Å²) in [5, 5.41) is 22.2. The Labute approximate surface area is 130 Å². The third-order valence-electron chi connectivity index (χ3n) is 6.06. The number of rotatable bonds is 4. The van der Waals surface area contributed by atoms with E-state index in [2.05, 4.69) is 5.32 Å². The Kier molecular flexibility index (Phi) is 3.10. The van der Waals surface area contributed by atoms with Gasteiger partial charge in [0.2, 0.25) is 5.91 Å². The second-order valence-corrected chi connectivity index (χ2v) is 7.57. The maximum Gasteiger partial charge on any atom is 0.220 e. The molecule has 1 aromatic carbocycles. The lowest BCUT2D eigenvalue weighted by Crippen LogP contribution is -2.49. The average molecular weight is 301 g/mol. The lowest BCUT2D eigenvalue weighted by atomic mass is 9.80. The van der Waals surface area contributed by atoms with Crippen molar-refractivity contribution in [2.24, 2.45) is 17.8 Å². The Bertz CT molecular complexity index is 598. The molecule has 4 fully saturated rings. The third kappa shape index (κ3) is 2.25. The minimum atomic E-state index is -0.122. The van der Waals surface area contributed by atoms with Crippen LogP contribution < -0.4 is 5.32 Å². The fourth-order valence-electron chi connectivity index (χ4n) is 5.32. The molecule has 4 saturated carbocycles. The van der Waals surface area contributed by atoms with Crippen molar-refractivity contribution in [1.82, 2.24) is 5.32 Å². The molecule has 3 N–H and O–H groups in total. The van der Waals surface area contributed by atoms with Gasteiger partial charge in [0.25, 0.3) is 0 Å². The number of phenolic OH excluding ortho intramolecular Hbond substituents is 2. The molecule has 4 aliphatic rings. The van der Waals surface area contributed by atoms with Crippen LogP contribution in [0.1, 0.15) is 44.1 Å². The Balaban J connectivity index is 1.36. The molecular formula is C18H23NO3. The van der Waals surface area contributed by atoms with Crippen LogP contribution in [-0.4, -0.2) is 21.7 Å². The van der Waals surface area contributed by atoms with Crippen LogP contribution in [0.15, 0.2) is 18.2 Å². The Morgan fingerprint density at radius 2 is 1.86 bits per heavy atom. The summed E-state index contributed by atoms with van der Waals surface area (Å²) in [6.45, 7) is 0. The monoisotopic (exact) mass is 301 g/mol. The molecule has 4 bridgehead atoms. The van der Waals surface area contributed by atoms with E-state index in [1.54, 1.807) is 6.07 Å².